The highest BCUT2D eigenvalue weighted by molar-refractivity contribution is 14.0. The zero-order chi connectivity index (χ0) is 19.4. The van der Waals surface area contributed by atoms with Crippen LogP contribution in [-0.4, -0.2) is 42.6 Å². The normalized spacial score (nSPS) is 18.0. The standard InChI is InChI=1S/C18H21F3N4OS.HI/c1-12-23-9-15(27-12)10-24-17(22-2)25-6-7-26-16(11-25)13-4-3-5-14(8-13)18(19,20)21;/h3-5,8-9,16H,6-7,10-11H2,1-2H3,(H,22,24);1H. The third-order valence-electron chi connectivity index (χ3n) is 4.25. The molecule has 0 saturated carbocycles. The summed E-state index contributed by atoms with van der Waals surface area (Å²) >= 11 is 1.61. The second kappa shape index (κ2) is 9.88. The number of halogens is 4. The van der Waals surface area contributed by atoms with Gasteiger partial charge < -0.3 is 15.0 Å². The molecule has 5 nitrogen and oxygen atoms in total. The molecule has 154 valence electrons. The number of guanidine groups is 1. The SMILES string of the molecule is CN=C(NCc1cnc(C)s1)N1CCOC(c2cccc(C(F)(F)F)c2)C1.I. The quantitative estimate of drug-likeness (QED) is 0.370. The van der Waals surface area contributed by atoms with Crippen LogP contribution in [-0.2, 0) is 17.5 Å². The van der Waals surface area contributed by atoms with E-state index in [9.17, 15) is 13.2 Å². The molecule has 1 atom stereocenters. The molecule has 1 saturated heterocycles. The average molecular weight is 526 g/mol. The van der Waals surface area contributed by atoms with Gasteiger partial charge in [-0.1, -0.05) is 12.1 Å². The van der Waals surface area contributed by atoms with E-state index in [2.05, 4.69) is 15.3 Å². The van der Waals surface area contributed by atoms with Crippen LogP contribution in [0.3, 0.4) is 0 Å². The Labute approximate surface area is 183 Å². The van der Waals surface area contributed by atoms with Crippen LogP contribution in [0.1, 0.15) is 27.1 Å². The van der Waals surface area contributed by atoms with Crippen molar-refractivity contribution in [2.75, 3.05) is 26.7 Å². The molecule has 0 bridgehead atoms. The van der Waals surface area contributed by atoms with Gasteiger partial charge in [-0.25, -0.2) is 4.98 Å². The second-order valence-corrected chi connectivity index (χ2v) is 7.49. The number of benzene rings is 1. The molecule has 1 unspecified atom stereocenters. The van der Waals surface area contributed by atoms with Gasteiger partial charge in [0.05, 0.1) is 30.3 Å². The Kier molecular flexibility index (Phi) is 8.07. The lowest BCUT2D eigenvalue weighted by molar-refractivity contribution is -0.137. The third kappa shape index (κ3) is 5.80. The molecule has 0 spiro atoms. The minimum absolute atomic E-state index is 0. The van der Waals surface area contributed by atoms with Gasteiger partial charge in [0.2, 0.25) is 0 Å². The maximum absolute atomic E-state index is 13.0. The Balaban J connectivity index is 0.00000280. The molecule has 3 rings (SSSR count). The number of aliphatic imine (C=N–C) groups is 1. The number of rotatable bonds is 3. The van der Waals surface area contributed by atoms with Crippen LogP contribution in [0.15, 0.2) is 35.5 Å². The van der Waals surface area contributed by atoms with Gasteiger partial charge in [-0.15, -0.1) is 35.3 Å². The van der Waals surface area contributed by atoms with Crippen LogP contribution in [0.5, 0.6) is 0 Å². The molecule has 2 aromatic rings. The van der Waals surface area contributed by atoms with Crippen LogP contribution >= 0.6 is 35.3 Å². The van der Waals surface area contributed by atoms with Crippen molar-refractivity contribution >= 4 is 41.3 Å². The highest BCUT2D eigenvalue weighted by atomic mass is 127. The number of aromatic nitrogens is 1. The molecule has 1 fully saturated rings. The Morgan fingerprint density at radius 2 is 2.21 bits per heavy atom. The van der Waals surface area contributed by atoms with E-state index in [1.165, 1.54) is 6.07 Å². The lowest BCUT2D eigenvalue weighted by Crippen LogP contribution is -2.47. The van der Waals surface area contributed by atoms with E-state index in [0.29, 0.717) is 37.8 Å². The van der Waals surface area contributed by atoms with Crippen LogP contribution < -0.4 is 5.32 Å². The number of aryl methyl sites for hydroxylation is 1. The maximum Gasteiger partial charge on any atom is 0.416 e. The van der Waals surface area contributed by atoms with E-state index in [-0.39, 0.29) is 24.0 Å². The lowest BCUT2D eigenvalue weighted by atomic mass is 10.0. The topological polar surface area (TPSA) is 49.8 Å². The van der Waals surface area contributed by atoms with E-state index in [4.69, 9.17) is 4.74 Å². The van der Waals surface area contributed by atoms with E-state index in [1.807, 2.05) is 18.0 Å². The number of hydrogen-bond acceptors (Lipinski definition) is 4. The fourth-order valence-electron chi connectivity index (χ4n) is 2.94. The van der Waals surface area contributed by atoms with Gasteiger partial charge in [-0.05, 0) is 24.6 Å². The summed E-state index contributed by atoms with van der Waals surface area (Å²) in [7, 11) is 1.69. The zero-order valence-electron chi connectivity index (χ0n) is 15.5. The number of alkyl halides is 3. The molecule has 0 amide bonds. The summed E-state index contributed by atoms with van der Waals surface area (Å²) in [6.45, 7) is 4.02. The van der Waals surface area contributed by atoms with E-state index >= 15 is 0 Å². The number of morpholine rings is 1. The minimum atomic E-state index is -4.37. The Bertz CT molecular complexity index is 812. The molecule has 1 aliphatic rings. The number of hydrogen-bond donors (Lipinski definition) is 1. The summed E-state index contributed by atoms with van der Waals surface area (Å²) in [4.78, 5) is 11.6. The molecular weight excluding hydrogens is 504 g/mol. The third-order valence-corrected chi connectivity index (χ3v) is 5.17. The van der Waals surface area contributed by atoms with E-state index in [1.54, 1.807) is 24.5 Å². The molecular formula is C18H22F3IN4OS. The first kappa shape index (κ1) is 22.9. The zero-order valence-corrected chi connectivity index (χ0v) is 18.6. The fraction of sp³-hybridized carbons (Fsp3) is 0.444. The minimum Gasteiger partial charge on any atom is -0.370 e. The summed E-state index contributed by atoms with van der Waals surface area (Å²) in [5.74, 6) is 0.696. The van der Waals surface area contributed by atoms with Crippen LogP contribution in [0.2, 0.25) is 0 Å². The Morgan fingerprint density at radius 3 is 2.86 bits per heavy atom. The summed E-state index contributed by atoms with van der Waals surface area (Å²) in [6, 6.07) is 5.31. The largest absolute Gasteiger partial charge is 0.416 e. The lowest BCUT2D eigenvalue weighted by Gasteiger charge is -2.35. The van der Waals surface area contributed by atoms with Crippen molar-refractivity contribution in [3.8, 4) is 0 Å². The monoisotopic (exact) mass is 526 g/mol. The first-order chi connectivity index (χ1) is 12.9. The van der Waals surface area contributed by atoms with Crippen molar-refractivity contribution in [1.29, 1.82) is 0 Å². The first-order valence-electron chi connectivity index (χ1n) is 8.52. The van der Waals surface area contributed by atoms with Gasteiger partial charge >= 0.3 is 6.18 Å². The van der Waals surface area contributed by atoms with Gasteiger partial charge in [0, 0.05) is 24.7 Å². The van der Waals surface area contributed by atoms with E-state index < -0.39 is 17.8 Å². The van der Waals surface area contributed by atoms with Crippen LogP contribution in [0.25, 0.3) is 0 Å². The van der Waals surface area contributed by atoms with Gasteiger partial charge in [-0.2, -0.15) is 13.2 Å². The summed E-state index contributed by atoms with van der Waals surface area (Å²) in [5.41, 5.74) is -0.146. The van der Waals surface area contributed by atoms with Crippen molar-refractivity contribution in [3.63, 3.8) is 0 Å². The van der Waals surface area contributed by atoms with Crippen molar-refractivity contribution in [2.45, 2.75) is 25.7 Å². The summed E-state index contributed by atoms with van der Waals surface area (Å²) in [5, 5.41) is 4.29. The highest BCUT2D eigenvalue weighted by Gasteiger charge is 2.32. The molecule has 1 aromatic carbocycles. The molecule has 10 heteroatoms. The molecule has 2 heterocycles. The van der Waals surface area contributed by atoms with Gasteiger partial charge in [0.15, 0.2) is 5.96 Å². The molecule has 0 radical (unpaired) electrons. The van der Waals surface area contributed by atoms with E-state index in [0.717, 1.165) is 22.0 Å². The Hall–Kier alpha value is -1.40. The molecule has 1 aliphatic heterocycles. The summed E-state index contributed by atoms with van der Waals surface area (Å²) in [6.07, 6.45) is -2.98. The first-order valence-corrected chi connectivity index (χ1v) is 9.34. The van der Waals surface area contributed by atoms with Crippen LogP contribution in [0.4, 0.5) is 13.2 Å². The second-order valence-electron chi connectivity index (χ2n) is 6.18. The Morgan fingerprint density at radius 1 is 1.43 bits per heavy atom. The van der Waals surface area contributed by atoms with Gasteiger partial charge in [0.1, 0.15) is 6.10 Å². The fourth-order valence-corrected chi connectivity index (χ4v) is 3.68. The molecule has 28 heavy (non-hydrogen) atoms. The molecule has 0 aliphatic carbocycles. The van der Waals surface area contributed by atoms with Crippen molar-refractivity contribution in [1.82, 2.24) is 15.2 Å². The number of nitrogens with zero attached hydrogens (tertiary/aromatic N) is 3. The average Bonchev–Trinajstić information content (AvgIpc) is 3.07. The number of thiazole rings is 1. The maximum atomic E-state index is 13.0. The van der Waals surface area contributed by atoms with Crippen molar-refractivity contribution < 1.29 is 17.9 Å². The highest BCUT2D eigenvalue weighted by Crippen LogP contribution is 2.32. The predicted octanol–water partition coefficient (Wildman–Crippen LogP) is 4.24. The molecule has 1 N–H and O–H groups in total. The molecule has 1 aromatic heterocycles. The van der Waals surface area contributed by atoms with Gasteiger partial charge in [-0.3, -0.25) is 4.99 Å². The number of nitrogens with one attached hydrogen (secondary N) is 1. The van der Waals surface area contributed by atoms with Crippen molar-refractivity contribution in [3.05, 3.63) is 51.5 Å². The smallest absolute Gasteiger partial charge is 0.370 e. The predicted molar refractivity (Wildman–Crippen MR) is 114 cm³/mol. The van der Waals surface area contributed by atoms with Crippen molar-refractivity contribution in [2.24, 2.45) is 4.99 Å². The van der Waals surface area contributed by atoms with Crippen LogP contribution in [0, 0.1) is 6.92 Å². The summed E-state index contributed by atoms with van der Waals surface area (Å²) < 4.78 is 44.6. The number of ether oxygens (including phenoxy) is 1. The van der Waals surface area contributed by atoms with Gasteiger partial charge in [0.25, 0.3) is 0 Å².